The number of nitro groups is 1. The number of ether oxygens (including phenoxy) is 2. The normalized spacial score (nSPS) is 13.8. The fourth-order valence-corrected chi connectivity index (χ4v) is 2.05. The second-order valence-electron chi connectivity index (χ2n) is 4.71. The van der Waals surface area contributed by atoms with E-state index in [9.17, 15) is 14.9 Å². The number of carbonyl (C=O) groups is 1. The third-order valence-electron chi connectivity index (χ3n) is 3.24. The largest absolute Gasteiger partial charge is 0.464 e. The molecule has 1 fully saturated rings. The van der Waals surface area contributed by atoms with Crippen LogP contribution < -0.4 is 4.90 Å². The highest BCUT2D eigenvalue weighted by Crippen LogP contribution is 2.35. The van der Waals surface area contributed by atoms with Gasteiger partial charge in [-0.3, -0.25) is 10.1 Å². The van der Waals surface area contributed by atoms with Gasteiger partial charge in [0, 0.05) is 25.8 Å². The molecule has 0 saturated heterocycles. The zero-order valence-electron chi connectivity index (χ0n) is 11.9. The Morgan fingerprint density at radius 1 is 1.48 bits per heavy atom. The van der Waals surface area contributed by atoms with Crippen molar-refractivity contribution in [2.75, 3.05) is 32.3 Å². The molecule has 0 aliphatic heterocycles. The quantitative estimate of drug-likeness (QED) is 0.426. The van der Waals surface area contributed by atoms with Gasteiger partial charge in [-0.2, -0.15) is 0 Å². The summed E-state index contributed by atoms with van der Waals surface area (Å²) >= 11 is 0. The van der Waals surface area contributed by atoms with E-state index in [4.69, 9.17) is 4.74 Å². The minimum absolute atomic E-state index is 0.0566. The standard InChI is InChI=1S/C13H17N3O5/c1-20-8-7-15(9-3-4-9)12-11(16(18)19)6-5-10(14-12)13(17)21-2/h5-6,9H,3-4,7-8H2,1-2H3. The van der Waals surface area contributed by atoms with E-state index in [1.807, 2.05) is 4.90 Å². The fourth-order valence-electron chi connectivity index (χ4n) is 2.05. The number of hydrogen-bond donors (Lipinski definition) is 0. The molecule has 0 spiro atoms. The average Bonchev–Trinajstić information content (AvgIpc) is 3.31. The number of aromatic nitrogens is 1. The highest BCUT2D eigenvalue weighted by atomic mass is 16.6. The van der Waals surface area contributed by atoms with Gasteiger partial charge in [0.15, 0.2) is 5.69 Å². The van der Waals surface area contributed by atoms with Crippen LogP contribution in [0.3, 0.4) is 0 Å². The molecule has 2 rings (SSSR count). The molecule has 0 amide bonds. The van der Waals surface area contributed by atoms with Crippen LogP contribution in [-0.2, 0) is 9.47 Å². The first kappa shape index (κ1) is 15.2. The van der Waals surface area contributed by atoms with Crippen molar-refractivity contribution in [3.8, 4) is 0 Å². The van der Waals surface area contributed by atoms with Crippen LogP contribution in [-0.4, -0.2) is 49.3 Å². The minimum atomic E-state index is -0.617. The lowest BCUT2D eigenvalue weighted by molar-refractivity contribution is -0.384. The third kappa shape index (κ3) is 3.46. The van der Waals surface area contributed by atoms with Gasteiger partial charge in [-0.15, -0.1) is 0 Å². The van der Waals surface area contributed by atoms with Crippen molar-refractivity contribution in [3.63, 3.8) is 0 Å². The van der Waals surface area contributed by atoms with E-state index in [2.05, 4.69) is 9.72 Å². The molecule has 8 heteroatoms. The number of nitrogens with zero attached hydrogens (tertiary/aromatic N) is 3. The third-order valence-corrected chi connectivity index (χ3v) is 3.24. The van der Waals surface area contributed by atoms with Gasteiger partial charge in [0.1, 0.15) is 0 Å². The van der Waals surface area contributed by atoms with Crippen LogP contribution in [0.2, 0.25) is 0 Å². The van der Waals surface area contributed by atoms with Crippen LogP contribution in [0, 0.1) is 10.1 Å². The van der Waals surface area contributed by atoms with Gasteiger partial charge in [-0.1, -0.05) is 0 Å². The number of hydrogen-bond acceptors (Lipinski definition) is 7. The summed E-state index contributed by atoms with van der Waals surface area (Å²) in [6.07, 6.45) is 1.90. The van der Waals surface area contributed by atoms with Gasteiger partial charge in [-0.05, 0) is 18.9 Å². The van der Waals surface area contributed by atoms with E-state index in [-0.39, 0.29) is 23.2 Å². The van der Waals surface area contributed by atoms with Crippen molar-refractivity contribution in [1.82, 2.24) is 4.98 Å². The Hall–Kier alpha value is -2.22. The number of carbonyl (C=O) groups excluding carboxylic acids is 1. The first-order valence-electron chi connectivity index (χ1n) is 6.57. The molecular formula is C13H17N3O5. The molecule has 21 heavy (non-hydrogen) atoms. The van der Waals surface area contributed by atoms with Gasteiger partial charge in [0.05, 0.1) is 18.6 Å². The lowest BCUT2D eigenvalue weighted by Crippen LogP contribution is -2.31. The van der Waals surface area contributed by atoms with Crippen molar-refractivity contribution >= 4 is 17.5 Å². The van der Waals surface area contributed by atoms with Crippen LogP contribution in [0.25, 0.3) is 0 Å². The number of rotatable bonds is 7. The Kier molecular flexibility index (Phi) is 4.69. The molecular weight excluding hydrogens is 278 g/mol. The summed E-state index contributed by atoms with van der Waals surface area (Å²) in [7, 11) is 2.81. The van der Waals surface area contributed by atoms with Crippen LogP contribution in [0.5, 0.6) is 0 Å². The monoisotopic (exact) mass is 295 g/mol. The molecule has 0 N–H and O–H groups in total. The van der Waals surface area contributed by atoms with E-state index < -0.39 is 10.9 Å². The summed E-state index contributed by atoms with van der Waals surface area (Å²) in [6.45, 7) is 0.914. The molecule has 0 atom stereocenters. The van der Waals surface area contributed by atoms with E-state index >= 15 is 0 Å². The van der Waals surface area contributed by atoms with Gasteiger partial charge in [0.25, 0.3) is 0 Å². The van der Waals surface area contributed by atoms with Crippen molar-refractivity contribution in [2.24, 2.45) is 0 Å². The molecule has 8 nitrogen and oxygen atoms in total. The molecule has 1 heterocycles. The van der Waals surface area contributed by atoms with Crippen LogP contribution in [0.1, 0.15) is 23.3 Å². The summed E-state index contributed by atoms with van der Waals surface area (Å²) in [5, 5.41) is 11.2. The fraction of sp³-hybridized carbons (Fsp3) is 0.538. The van der Waals surface area contributed by atoms with Crippen molar-refractivity contribution in [2.45, 2.75) is 18.9 Å². The first-order chi connectivity index (χ1) is 10.1. The average molecular weight is 295 g/mol. The highest BCUT2D eigenvalue weighted by molar-refractivity contribution is 5.88. The maximum Gasteiger partial charge on any atom is 0.356 e. The van der Waals surface area contributed by atoms with Gasteiger partial charge < -0.3 is 14.4 Å². The van der Waals surface area contributed by atoms with Gasteiger partial charge in [-0.25, -0.2) is 9.78 Å². The van der Waals surface area contributed by atoms with Crippen LogP contribution in [0.4, 0.5) is 11.5 Å². The molecule has 1 saturated carbocycles. The molecule has 1 aliphatic carbocycles. The SMILES string of the molecule is COCCN(c1nc(C(=O)OC)ccc1[N+](=O)[O-])C1CC1. The Bertz CT molecular complexity index is 545. The van der Waals surface area contributed by atoms with Crippen molar-refractivity contribution in [3.05, 3.63) is 27.9 Å². The van der Waals surface area contributed by atoms with Crippen LogP contribution >= 0.6 is 0 Å². The van der Waals surface area contributed by atoms with E-state index in [0.29, 0.717) is 13.2 Å². The molecule has 0 unspecified atom stereocenters. The predicted molar refractivity (Wildman–Crippen MR) is 74.5 cm³/mol. The Balaban J connectivity index is 2.40. The summed E-state index contributed by atoms with van der Waals surface area (Å²) in [5.41, 5.74) is -0.0631. The number of methoxy groups -OCH3 is 2. The molecule has 1 aromatic heterocycles. The topological polar surface area (TPSA) is 94.8 Å². The van der Waals surface area contributed by atoms with Crippen LogP contribution in [0.15, 0.2) is 12.1 Å². The summed E-state index contributed by atoms with van der Waals surface area (Å²) < 4.78 is 9.65. The minimum Gasteiger partial charge on any atom is -0.464 e. The number of esters is 1. The molecule has 0 bridgehead atoms. The highest BCUT2D eigenvalue weighted by Gasteiger charge is 2.34. The smallest absolute Gasteiger partial charge is 0.356 e. The lowest BCUT2D eigenvalue weighted by Gasteiger charge is -2.23. The number of anilines is 1. The van der Waals surface area contributed by atoms with Crippen molar-refractivity contribution in [1.29, 1.82) is 0 Å². The second kappa shape index (κ2) is 6.49. The second-order valence-corrected chi connectivity index (χ2v) is 4.71. The Morgan fingerprint density at radius 3 is 2.71 bits per heavy atom. The summed E-state index contributed by atoms with van der Waals surface area (Å²) in [6, 6.07) is 2.80. The molecule has 0 aromatic carbocycles. The predicted octanol–water partition coefficient (Wildman–Crippen LogP) is 1.39. The zero-order chi connectivity index (χ0) is 15.4. The Morgan fingerprint density at radius 2 is 2.19 bits per heavy atom. The summed E-state index contributed by atoms with van der Waals surface area (Å²) in [5.74, 6) is -0.420. The Labute approximate surface area is 121 Å². The van der Waals surface area contributed by atoms with Gasteiger partial charge in [0.2, 0.25) is 5.82 Å². The zero-order valence-corrected chi connectivity index (χ0v) is 11.9. The molecule has 0 radical (unpaired) electrons. The molecule has 1 aliphatic rings. The van der Waals surface area contributed by atoms with E-state index in [0.717, 1.165) is 12.8 Å². The number of pyridine rings is 1. The molecule has 1 aromatic rings. The van der Waals surface area contributed by atoms with E-state index in [1.54, 1.807) is 7.11 Å². The summed E-state index contributed by atoms with van der Waals surface area (Å²) in [4.78, 5) is 28.2. The lowest BCUT2D eigenvalue weighted by atomic mass is 10.3. The van der Waals surface area contributed by atoms with Gasteiger partial charge >= 0.3 is 11.7 Å². The van der Waals surface area contributed by atoms with Crippen molar-refractivity contribution < 1.29 is 19.2 Å². The maximum atomic E-state index is 11.6. The first-order valence-corrected chi connectivity index (χ1v) is 6.57. The molecule has 114 valence electrons. The van der Waals surface area contributed by atoms with E-state index in [1.165, 1.54) is 19.2 Å². The maximum absolute atomic E-state index is 11.6.